The highest BCUT2D eigenvalue weighted by Crippen LogP contribution is 2.35. The normalized spacial score (nSPS) is 23.1. The quantitative estimate of drug-likeness (QED) is 0.636. The lowest BCUT2D eigenvalue weighted by Gasteiger charge is -2.37. The van der Waals surface area contributed by atoms with E-state index in [0.29, 0.717) is 17.9 Å². The van der Waals surface area contributed by atoms with Crippen LogP contribution in [0.2, 0.25) is 0 Å². The van der Waals surface area contributed by atoms with Crippen molar-refractivity contribution in [2.75, 3.05) is 33.3 Å². The fraction of sp³-hybridized carbons (Fsp3) is 0.500. The molecular weight excluding hydrogens is 450 g/mol. The monoisotopic (exact) mass is 483 g/mol. The number of sulfonamides is 1. The Morgan fingerprint density at radius 1 is 1.24 bits per heavy atom. The molecule has 1 fully saturated rings. The van der Waals surface area contributed by atoms with Gasteiger partial charge in [0.25, 0.3) is 0 Å². The first-order valence-corrected chi connectivity index (χ1v) is 13.3. The molecule has 34 heavy (non-hydrogen) atoms. The van der Waals surface area contributed by atoms with Gasteiger partial charge < -0.3 is 14.7 Å². The van der Waals surface area contributed by atoms with Crippen LogP contribution in [-0.2, 0) is 10.0 Å². The van der Waals surface area contributed by atoms with E-state index >= 15 is 0 Å². The largest absolute Gasteiger partial charge is 0.487 e. The number of hydrogen-bond acceptors (Lipinski definition) is 6. The third-order valence-corrected chi connectivity index (χ3v) is 8.46. The van der Waals surface area contributed by atoms with E-state index in [0.717, 1.165) is 18.0 Å². The summed E-state index contributed by atoms with van der Waals surface area (Å²) in [5.74, 6) is 7.15. The van der Waals surface area contributed by atoms with Crippen LogP contribution in [0, 0.1) is 23.7 Å². The lowest BCUT2D eigenvalue weighted by molar-refractivity contribution is 0.0740. The molecule has 1 aromatic heterocycles. The number of rotatable bonds is 6. The third kappa shape index (κ3) is 5.78. The first-order valence-electron chi connectivity index (χ1n) is 11.8. The maximum Gasteiger partial charge on any atom is 0.247 e. The molecule has 2 aromatic rings. The number of nitrogens with zero attached hydrogens (tertiary/aromatic N) is 3. The Labute approximate surface area is 202 Å². The van der Waals surface area contributed by atoms with Crippen molar-refractivity contribution < 1.29 is 18.3 Å². The summed E-state index contributed by atoms with van der Waals surface area (Å²) < 4.78 is 35.0. The predicted octanol–water partition coefficient (Wildman–Crippen LogP) is 2.59. The standard InChI is InChI=1S/C26H33N3O4S/c1-19-15-29(20(2)18-30)34(31,32)26-11-10-21(6-7-22-5-4-12-27-14-22)13-24(26)33-25(19)17-28(3)16-23-8-9-23/h4-5,10-14,19-20,23,25,30H,8-9,15-18H2,1-3H3/t19-,20-,25-/m0/s1. The van der Waals surface area contributed by atoms with Gasteiger partial charge in [-0.25, -0.2) is 8.42 Å². The SMILES string of the molecule is C[C@H]1CN([C@@H](C)CO)S(=O)(=O)c2ccc(C#Cc3cccnc3)cc2O[C@H]1CN(C)CC1CC1. The number of pyridine rings is 1. The molecule has 7 nitrogen and oxygen atoms in total. The van der Waals surface area contributed by atoms with Crippen LogP contribution < -0.4 is 4.74 Å². The molecule has 182 valence electrons. The summed E-state index contributed by atoms with van der Waals surface area (Å²) in [5.41, 5.74) is 1.44. The molecule has 2 heterocycles. The van der Waals surface area contributed by atoms with Crippen LogP contribution >= 0.6 is 0 Å². The maximum atomic E-state index is 13.6. The second-order valence-corrected chi connectivity index (χ2v) is 11.4. The van der Waals surface area contributed by atoms with Gasteiger partial charge in [0, 0.05) is 55.1 Å². The van der Waals surface area contributed by atoms with Gasteiger partial charge in [-0.1, -0.05) is 18.8 Å². The van der Waals surface area contributed by atoms with Crippen molar-refractivity contribution >= 4 is 10.0 Å². The van der Waals surface area contributed by atoms with Crippen LogP contribution in [0.5, 0.6) is 5.75 Å². The number of aliphatic hydroxyl groups is 1. The molecule has 1 saturated carbocycles. The maximum absolute atomic E-state index is 13.6. The van der Waals surface area contributed by atoms with E-state index in [1.165, 1.54) is 17.1 Å². The highest BCUT2D eigenvalue weighted by atomic mass is 32.2. The van der Waals surface area contributed by atoms with E-state index in [9.17, 15) is 13.5 Å². The number of aromatic nitrogens is 1. The topological polar surface area (TPSA) is 83.0 Å². The third-order valence-electron chi connectivity index (χ3n) is 6.44. The number of aliphatic hydroxyl groups excluding tert-OH is 1. The van der Waals surface area contributed by atoms with Crippen LogP contribution in [0.1, 0.15) is 37.8 Å². The highest BCUT2D eigenvalue weighted by molar-refractivity contribution is 7.89. The fourth-order valence-corrected chi connectivity index (χ4v) is 6.05. The van der Waals surface area contributed by atoms with Gasteiger partial charge in [0.05, 0.1) is 6.61 Å². The van der Waals surface area contributed by atoms with E-state index in [4.69, 9.17) is 4.74 Å². The highest BCUT2D eigenvalue weighted by Gasteiger charge is 2.38. The van der Waals surface area contributed by atoms with Crippen molar-refractivity contribution in [1.82, 2.24) is 14.2 Å². The molecule has 1 aromatic carbocycles. The molecule has 0 bridgehead atoms. The lowest BCUT2D eigenvalue weighted by atomic mass is 10.0. The molecule has 3 atom stereocenters. The number of fused-ring (bicyclic) bond motifs is 1. The number of hydrogen-bond donors (Lipinski definition) is 1. The molecule has 1 aliphatic heterocycles. The van der Waals surface area contributed by atoms with Gasteiger partial charge in [0.1, 0.15) is 16.7 Å². The zero-order valence-electron chi connectivity index (χ0n) is 20.0. The zero-order valence-corrected chi connectivity index (χ0v) is 20.8. The minimum Gasteiger partial charge on any atom is -0.487 e. The Morgan fingerprint density at radius 2 is 2.00 bits per heavy atom. The molecule has 8 heteroatoms. The van der Waals surface area contributed by atoms with Gasteiger partial charge in [-0.05, 0) is 63.1 Å². The lowest BCUT2D eigenvalue weighted by Crippen LogP contribution is -2.49. The van der Waals surface area contributed by atoms with Crippen LogP contribution in [0.15, 0.2) is 47.6 Å². The molecule has 0 radical (unpaired) electrons. The van der Waals surface area contributed by atoms with Gasteiger partial charge in [0.2, 0.25) is 10.0 Å². The Hall–Kier alpha value is -2.44. The van der Waals surface area contributed by atoms with Crippen molar-refractivity contribution in [1.29, 1.82) is 0 Å². The van der Waals surface area contributed by atoms with E-state index in [1.54, 1.807) is 37.5 Å². The Bertz CT molecular complexity index is 1160. The van der Waals surface area contributed by atoms with Crippen molar-refractivity contribution in [3.05, 3.63) is 53.9 Å². The summed E-state index contributed by atoms with van der Waals surface area (Å²) in [7, 11) is -1.76. The van der Waals surface area contributed by atoms with Crippen LogP contribution in [0.3, 0.4) is 0 Å². The minimum atomic E-state index is -3.86. The second kappa shape index (κ2) is 10.4. The Morgan fingerprint density at radius 3 is 2.68 bits per heavy atom. The van der Waals surface area contributed by atoms with Crippen molar-refractivity contribution in [3.63, 3.8) is 0 Å². The summed E-state index contributed by atoms with van der Waals surface area (Å²) in [6.45, 7) is 5.50. The predicted molar refractivity (Wildman–Crippen MR) is 131 cm³/mol. The number of likely N-dealkylation sites (N-methyl/N-ethyl adjacent to an activating group) is 1. The van der Waals surface area contributed by atoms with E-state index < -0.39 is 16.1 Å². The summed E-state index contributed by atoms with van der Waals surface area (Å²) >= 11 is 0. The fourth-order valence-electron chi connectivity index (χ4n) is 4.23. The average molecular weight is 484 g/mol. The summed E-state index contributed by atoms with van der Waals surface area (Å²) in [6.07, 6.45) is 5.72. The molecular formula is C26H33N3O4S. The minimum absolute atomic E-state index is 0.0660. The van der Waals surface area contributed by atoms with Crippen LogP contribution in [0.25, 0.3) is 0 Å². The average Bonchev–Trinajstić information content (AvgIpc) is 3.64. The molecule has 1 aliphatic carbocycles. The molecule has 4 rings (SSSR count). The van der Waals surface area contributed by atoms with Crippen LogP contribution in [-0.4, -0.2) is 73.1 Å². The first-order chi connectivity index (χ1) is 16.3. The zero-order chi connectivity index (χ0) is 24.3. The van der Waals surface area contributed by atoms with Gasteiger partial charge >= 0.3 is 0 Å². The van der Waals surface area contributed by atoms with Gasteiger partial charge in [-0.15, -0.1) is 0 Å². The number of benzene rings is 1. The van der Waals surface area contributed by atoms with E-state index in [2.05, 4.69) is 28.8 Å². The first kappa shape index (κ1) is 24.7. The summed E-state index contributed by atoms with van der Waals surface area (Å²) in [5, 5.41) is 9.79. The molecule has 2 aliphatic rings. The van der Waals surface area contributed by atoms with Gasteiger partial charge in [0.15, 0.2) is 0 Å². The molecule has 0 unspecified atom stereocenters. The van der Waals surface area contributed by atoms with E-state index in [1.807, 2.05) is 19.1 Å². The number of ether oxygens (including phenoxy) is 1. The second-order valence-electron chi connectivity index (χ2n) is 9.56. The van der Waals surface area contributed by atoms with Crippen LogP contribution in [0.4, 0.5) is 0 Å². The van der Waals surface area contributed by atoms with Crippen molar-refractivity contribution in [2.24, 2.45) is 11.8 Å². The molecule has 0 amide bonds. The van der Waals surface area contributed by atoms with E-state index in [-0.39, 0.29) is 30.1 Å². The molecule has 1 N–H and O–H groups in total. The van der Waals surface area contributed by atoms with Gasteiger partial charge in [-0.2, -0.15) is 4.31 Å². The smallest absolute Gasteiger partial charge is 0.247 e. The molecule has 0 saturated heterocycles. The Balaban J connectivity index is 1.71. The molecule has 0 spiro atoms. The summed E-state index contributed by atoms with van der Waals surface area (Å²) in [4.78, 5) is 6.47. The van der Waals surface area contributed by atoms with Crippen molar-refractivity contribution in [2.45, 2.75) is 43.7 Å². The summed E-state index contributed by atoms with van der Waals surface area (Å²) in [6, 6.07) is 8.13. The van der Waals surface area contributed by atoms with Gasteiger partial charge in [-0.3, -0.25) is 4.98 Å². The Kier molecular flexibility index (Phi) is 7.58. The van der Waals surface area contributed by atoms with Crippen molar-refractivity contribution in [3.8, 4) is 17.6 Å².